The van der Waals surface area contributed by atoms with E-state index in [-0.39, 0.29) is 5.75 Å². The maximum atomic E-state index is 9.31. The minimum Gasteiger partial charge on any atom is -0.508 e. The maximum Gasteiger partial charge on any atom is 0.133 e. The van der Waals surface area contributed by atoms with Gasteiger partial charge >= 0.3 is 0 Å². The first kappa shape index (κ1) is 12.8. The van der Waals surface area contributed by atoms with E-state index in [2.05, 4.69) is 15.9 Å². The molecule has 0 aliphatic rings. The number of aromatic hydroxyl groups is 1. The molecular weight excluding hydrogens is 296 g/mol. The summed E-state index contributed by atoms with van der Waals surface area (Å²) < 4.78 is 11.5. The van der Waals surface area contributed by atoms with Crippen LogP contribution in [0.4, 0.5) is 0 Å². The van der Waals surface area contributed by atoms with Gasteiger partial charge in [0.15, 0.2) is 0 Å². The van der Waals surface area contributed by atoms with Crippen molar-refractivity contribution in [3.63, 3.8) is 0 Å². The highest BCUT2D eigenvalue weighted by molar-refractivity contribution is 9.10. The highest BCUT2D eigenvalue weighted by Gasteiger charge is 2.11. The molecular formula is C14H13BrO3. The van der Waals surface area contributed by atoms with Gasteiger partial charge in [-0.25, -0.2) is 0 Å². The number of phenolic OH excluding ortho intramolecular Hbond substituents is 1. The first-order valence-electron chi connectivity index (χ1n) is 5.36. The Morgan fingerprint density at radius 2 is 1.56 bits per heavy atom. The van der Waals surface area contributed by atoms with Crippen molar-refractivity contribution in [2.45, 2.75) is 0 Å². The van der Waals surface area contributed by atoms with Gasteiger partial charge in [0, 0.05) is 5.56 Å². The average Bonchev–Trinajstić information content (AvgIpc) is 2.39. The molecule has 4 heteroatoms. The SMILES string of the molecule is COc1cc(-c2ccc(O)cc2)c(OC)cc1Br. The second-order valence-electron chi connectivity index (χ2n) is 3.73. The zero-order valence-corrected chi connectivity index (χ0v) is 11.7. The summed E-state index contributed by atoms with van der Waals surface area (Å²) in [6, 6.07) is 10.7. The van der Waals surface area contributed by atoms with Crippen molar-refractivity contribution < 1.29 is 14.6 Å². The smallest absolute Gasteiger partial charge is 0.133 e. The number of hydrogen-bond donors (Lipinski definition) is 1. The maximum absolute atomic E-state index is 9.31. The number of phenols is 1. The lowest BCUT2D eigenvalue weighted by molar-refractivity contribution is 0.402. The van der Waals surface area contributed by atoms with Gasteiger partial charge in [-0.3, -0.25) is 0 Å². The summed E-state index contributed by atoms with van der Waals surface area (Å²) in [7, 11) is 3.24. The van der Waals surface area contributed by atoms with E-state index in [4.69, 9.17) is 9.47 Å². The number of halogens is 1. The van der Waals surface area contributed by atoms with E-state index in [1.165, 1.54) is 0 Å². The summed E-state index contributed by atoms with van der Waals surface area (Å²) in [5, 5.41) is 9.31. The van der Waals surface area contributed by atoms with Crippen molar-refractivity contribution in [1.29, 1.82) is 0 Å². The zero-order chi connectivity index (χ0) is 13.1. The van der Waals surface area contributed by atoms with Crippen LogP contribution in [0.1, 0.15) is 0 Å². The summed E-state index contributed by atoms with van der Waals surface area (Å²) in [6.45, 7) is 0. The van der Waals surface area contributed by atoms with Crippen LogP contribution in [0.25, 0.3) is 11.1 Å². The minimum atomic E-state index is 0.238. The quantitative estimate of drug-likeness (QED) is 0.936. The number of rotatable bonds is 3. The van der Waals surface area contributed by atoms with Gasteiger partial charge in [-0.2, -0.15) is 0 Å². The third-order valence-electron chi connectivity index (χ3n) is 2.65. The van der Waals surface area contributed by atoms with Crippen LogP contribution in [0.5, 0.6) is 17.2 Å². The average molecular weight is 309 g/mol. The van der Waals surface area contributed by atoms with Gasteiger partial charge in [-0.05, 0) is 45.8 Å². The molecule has 0 heterocycles. The molecule has 3 nitrogen and oxygen atoms in total. The Labute approximate surface area is 114 Å². The first-order chi connectivity index (χ1) is 8.65. The summed E-state index contributed by atoms with van der Waals surface area (Å²) >= 11 is 3.42. The van der Waals surface area contributed by atoms with Crippen LogP contribution in [-0.4, -0.2) is 19.3 Å². The molecule has 2 aromatic carbocycles. The predicted octanol–water partition coefficient (Wildman–Crippen LogP) is 3.84. The summed E-state index contributed by atoms with van der Waals surface area (Å²) in [6.07, 6.45) is 0. The molecule has 0 aliphatic carbocycles. The second kappa shape index (κ2) is 5.31. The lowest BCUT2D eigenvalue weighted by Crippen LogP contribution is -1.91. The molecule has 2 aromatic rings. The monoisotopic (exact) mass is 308 g/mol. The molecule has 0 spiro atoms. The van der Waals surface area contributed by atoms with Gasteiger partial charge in [0.05, 0.1) is 18.7 Å². The Morgan fingerprint density at radius 3 is 2.11 bits per heavy atom. The molecule has 0 amide bonds. The molecule has 0 aliphatic heterocycles. The molecule has 18 heavy (non-hydrogen) atoms. The van der Waals surface area contributed by atoms with E-state index in [0.29, 0.717) is 0 Å². The number of ether oxygens (including phenoxy) is 2. The van der Waals surface area contributed by atoms with E-state index < -0.39 is 0 Å². The van der Waals surface area contributed by atoms with Crippen LogP contribution in [0, 0.1) is 0 Å². The van der Waals surface area contributed by atoms with Crippen molar-refractivity contribution in [2.75, 3.05) is 14.2 Å². The molecule has 0 bridgehead atoms. The molecule has 94 valence electrons. The Morgan fingerprint density at radius 1 is 0.944 bits per heavy atom. The summed E-state index contributed by atoms with van der Waals surface area (Å²) in [4.78, 5) is 0. The summed E-state index contributed by atoms with van der Waals surface area (Å²) in [5.74, 6) is 1.72. The Bertz CT molecular complexity index is 550. The van der Waals surface area contributed by atoms with Crippen LogP contribution >= 0.6 is 15.9 Å². The molecule has 0 aromatic heterocycles. The van der Waals surface area contributed by atoms with E-state index in [9.17, 15) is 5.11 Å². The van der Waals surface area contributed by atoms with Gasteiger partial charge in [0.2, 0.25) is 0 Å². The number of benzene rings is 2. The number of methoxy groups -OCH3 is 2. The Balaban J connectivity index is 2.57. The standard InChI is InChI=1S/C14H13BrO3/c1-17-13-8-12(15)14(18-2)7-11(13)9-3-5-10(16)6-4-9/h3-8,16H,1-2H3. The minimum absolute atomic E-state index is 0.238. The lowest BCUT2D eigenvalue weighted by atomic mass is 10.0. The van der Waals surface area contributed by atoms with E-state index in [0.717, 1.165) is 27.1 Å². The molecule has 0 saturated heterocycles. The fourth-order valence-corrected chi connectivity index (χ4v) is 2.21. The lowest BCUT2D eigenvalue weighted by Gasteiger charge is -2.12. The highest BCUT2D eigenvalue weighted by atomic mass is 79.9. The number of hydrogen-bond acceptors (Lipinski definition) is 3. The second-order valence-corrected chi connectivity index (χ2v) is 4.59. The van der Waals surface area contributed by atoms with E-state index in [1.807, 2.05) is 24.3 Å². The van der Waals surface area contributed by atoms with Crippen LogP contribution in [0.2, 0.25) is 0 Å². The molecule has 0 saturated carbocycles. The predicted molar refractivity (Wildman–Crippen MR) is 74.3 cm³/mol. The molecule has 2 rings (SSSR count). The molecule has 1 N–H and O–H groups in total. The van der Waals surface area contributed by atoms with Gasteiger partial charge < -0.3 is 14.6 Å². The van der Waals surface area contributed by atoms with Crippen molar-refractivity contribution in [3.8, 4) is 28.4 Å². The van der Waals surface area contributed by atoms with E-state index >= 15 is 0 Å². The van der Waals surface area contributed by atoms with Gasteiger partial charge in [-0.15, -0.1) is 0 Å². The van der Waals surface area contributed by atoms with Crippen molar-refractivity contribution >= 4 is 15.9 Å². The molecule has 0 fully saturated rings. The Kier molecular flexibility index (Phi) is 3.77. The fourth-order valence-electron chi connectivity index (χ4n) is 1.73. The van der Waals surface area contributed by atoms with Gasteiger partial charge in [0.25, 0.3) is 0 Å². The largest absolute Gasteiger partial charge is 0.508 e. The highest BCUT2D eigenvalue weighted by Crippen LogP contribution is 2.38. The fraction of sp³-hybridized carbons (Fsp3) is 0.143. The topological polar surface area (TPSA) is 38.7 Å². The first-order valence-corrected chi connectivity index (χ1v) is 6.16. The zero-order valence-electron chi connectivity index (χ0n) is 10.1. The van der Waals surface area contributed by atoms with Crippen LogP contribution in [0.3, 0.4) is 0 Å². The third-order valence-corrected chi connectivity index (χ3v) is 3.27. The molecule has 0 unspecified atom stereocenters. The molecule has 0 radical (unpaired) electrons. The Hall–Kier alpha value is -1.68. The van der Waals surface area contributed by atoms with Crippen LogP contribution in [0.15, 0.2) is 40.9 Å². The summed E-state index contributed by atoms with van der Waals surface area (Å²) in [5.41, 5.74) is 1.87. The normalized spacial score (nSPS) is 10.2. The molecule has 0 atom stereocenters. The van der Waals surface area contributed by atoms with Crippen molar-refractivity contribution in [2.24, 2.45) is 0 Å². The third kappa shape index (κ3) is 2.43. The van der Waals surface area contributed by atoms with Crippen LogP contribution in [-0.2, 0) is 0 Å². The van der Waals surface area contributed by atoms with Crippen LogP contribution < -0.4 is 9.47 Å². The van der Waals surface area contributed by atoms with Gasteiger partial charge in [0.1, 0.15) is 17.2 Å². The van der Waals surface area contributed by atoms with E-state index in [1.54, 1.807) is 26.4 Å². The van der Waals surface area contributed by atoms with Crippen molar-refractivity contribution in [3.05, 3.63) is 40.9 Å². The van der Waals surface area contributed by atoms with Crippen molar-refractivity contribution in [1.82, 2.24) is 0 Å². The van der Waals surface area contributed by atoms with Gasteiger partial charge in [-0.1, -0.05) is 12.1 Å².